The van der Waals surface area contributed by atoms with Crippen LogP contribution in [-0.4, -0.2) is 97.8 Å². The summed E-state index contributed by atoms with van der Waals surface area (Å²) < 4.78 is 21.9. The minimum Gasteiger partial charge on any atom is -0.497 e. The van der Waals surface area contributed by atoms with Crippen LogP contribution in [0.15, 0.2) is 47.6 Å². The predicted molar refractivity (Wildman–Crippen MR) is 153 cm³/mol. The van der Waals surface area contributed by atoms with Crippen molar-refractivity contribution in [3.63, 3.8) is 0 Å². The van der Waals surface area contributed by atoms with Gasteiger partial charge in [-0.1, -0.05) is 6.07 Å². The summed E-state index contributed by atoms with van der Waals surface area (Å²) in [5, 5.41) is 9.34. The Bertz CT molecular complexity index is 1270. The largest absolute Gasteiger partial charge is 0.497 e. The molecule has 5 rings (SSSR count). The van der Waals surface area contributed by atoms with Gasteiger partial charge in [-0.05, 0) is 68.3 Å². The Morgan fingerprint density at radius 2 is 1.80 bits per heavy atom. The van der Waals surface area contributed by atoms with Crippen molar-refractivity contribution in [2.75, 3.05) is 59.8 Å². The van der Waals surface area contributed by atoms with E-state index in [1.165, 1.54) is 5.01 Å². The first-order chi connectivity index (χ1) is 19.7. The van der Waals surface area contributed by atoms with Crippen molar-refractivity contribution in [3.05, 3.63) is 53.6 Å². The minimum atomic E-state index is -0.445. The molecule has 0 spiro atoms. The normalized spacial score (nSPS) is 18.7. The highest BCUT2D eigenvalue weighted by Crippen LogP contribution is 2.39. The average molecular weight is 566 g/mol. The van der Waals surface area contributed by atoms with E-state index in [4.69, 9.17) is 24.0 Å². The van der Waals surface area contributed by atoms with Gasteiger partial charge >= 0.3 is 6.03 Å². The van der Waals surface area contributed by atoms with Crippen molar-refractivity contribution in [3.8, 4) is 17.2 Å². The standard InChI is InChI=1S/C30H39N5O6/c1-30(2,3)31-29(37)34(12-11-33-13-15-39-16-14-33)19-28(36)35-25(22-7-10-26-27(17-22)41-20-40-26)18-24(32-35)21-5-8-23(38-4)9-6-21/h5-10,17,25H,11-16,18-20H2,1-4H3,(H,31,37)/t25-/m1/s1. The predicted octanol–water partition coefficient (Wildman–Crippen LogP) is 3.24. The fraction of sp³-hybridized carbons (Fsp3) is 0.500. The molecule has 1 atom stereocenters. The van der Waals surface area contributed by atoms with Crippen LogP contribution in [0.3, 0.4) is 0 Å². The molecule has 1 saturated heterocycles. The van der Waals surface area contributed by atoms with Gasteiger partial charge in [0.15, 0.2) is 11.5 Å². The van der Waals surface area contributed by atoms with Crippen molar-refractivity contribution in [1.82, 2.24) is 20.1 Å². The molecule has 0 radical (unpaired) electrons. The van der Waals surface area contributed by atoms with Crippen LogP contribution < -0.4 is 19.5 Å². The van der Waals surface area contributed by atoms with Gasteiger partial charge in [0.05, 0.1) is 32.1 Å². The van der Waals surface area contributed by atoms with E-state index >= 15 is 0 Å². The number of rotatable bonds is 8. The second kappa shape index (κ2) is 12.4. The number of carbonyl (C=O) groups is 2. The molecule has 0 aliphatic carbocycles. The third-order valence-corrected chi connectivity index (χ3v) is 7.26. The zero-order valence-corrected chi connectivity index (χ0v) is 24.2. The van der Waals surface area contributed by atoms with E-state index in [-0.39, 0.29) is 31.3 Å². The molecule has 2 aromatic rings. The highest BCUT2D eigenvalue weighted by Gasteiger charge is 2.35. The summed E-state index contributed by atoms with van der Waals surface area (Å²) in [6, 6.07) is 12.7. The maximum Gasteiger partial charge on any atom is 0.318 e. The van der Waals surface area contributed by atoms with Gasteiger partial charge in [0.2, 0.25) is 6.79 Å². The van der Waals surface area contributed by atoms with Crippen LogP contribution in [0.1, 0.15) is 44.4 Å². The number of fused-ring (bicyclic) bond motifs is 1. The number of nitrogens with one attached hydrogen (secondary N) is 1. The van der Waals surface area contributed by atoms with E-state index in [0.717, 1.165) is 35.7 Å². The summed E-state index contributed by atoms with van der Waals surface area (Å²) in [7, 11) is 1.62. The Hall–Kier alpha value is -3.83. The first kappa shape index (κ1) is 28.7. The highest BCUT2D eigenvalue weighted by atomic mass is 16.7. The first-order valence-corrected chi connectivity index (χ1v) is 14.0. The van der Waals surface area contributed by atoms with Crippen molar-refractivity contribution in [2.45, 2.75) is 38.8 Å². The number of morpholine rings is 1. The molecule has 0 saturated carbocycles. The number of urea groups is 1. The fourth-order valence-corrected chi connectivity index (χ4v) is 5.05. The lowest BCUT2D eigenvalue weighted by molar-refractivity contribution is -0.133. The summed E-state index contributed by atoms with van der Waals surface area (Å²) >= 11 is 0. The summed E-state index contributed by atoms with van der Waals surface area (Å²) in [5.41, 5.74) is 2.12. The van der Waals surface area contributed by atoms with Gasteiger partial charge < -0.3 is 29.2 Å². The molecule has 3 aliphatic rings. The maximum atomic E-state index is 14.0. The van der Waals surface area contributed by atoms with Crippen LogP contribution >= 0.6 is 0 Å². The third kappa shape index (κ3) is 7.09. The Kier molecular flexibility index (Phi) is 8.65. The van der Waals surface area contributed by atoms with Gasteiger partial charge in [-0.25, -0.2) is 9.80 Å². The molecule has 3 aliphatic heterocycles. The van der Waals surface area contributed by atoms with E-state index in [1.807, 2.05) is 63.2 Å². The number of benzene rings is 2. The van der Waals surface area contributed by atoms with Gasteiger partial charge in [-0.15, -0.1) is 0 Å². The first-order valence-electron chi connectivity index (χ1n) is 14.0. The van der Waals surface area contributed by atoms with Crippen molar-refractivity contribution in [1.29, 1.82) is 0 Å². The summed E-state index contributed by atoms with van der Waals surface area (Å²) in [5.74, 6) is 1.80. The molecule has 1 fully saturated rings. The Balaban J connectivity index is 1.39. The molecule has 3 amide bonds. The fourth-order valence-electron chi connectivity index (χ4n) is 5.05. The Morgan fingerprint density at radius 3 is 2.51 bits per heavy atom. The van der Waals surface area contributed by atoms with Crippen LogP contribution in [0.2, 0.25) is 0 Å². The smallest absolute Gasteiger partial charge is 0.318 e. The van der Waals surface area contributed by atoms with Gasteiger partial charge in [-0.3, -0.25) is 9.69 Å². The monoisotopic (exact) mass is 565 g/mol. The van der Waals surface area contributed by atoms with Crippen molar-refractivity contribution < 1.29 is 28.5 Å². The van der Waals surface area contributed by atoms with Gasteiger partial charge in [0, 0.05) is 38.1 Å². The van der Waals surface area contributed by atoms with Gasteiger partial charge in [-0.2, -0.15) is 5.10 Å². The number of carbonyl (C=O) groups excluding carboxylic acids is 2. The van der Waals surface area contributed by atoms with E-state index in [0.29, 0.717) is 44.2 Å². The molecule has 11 heteroatoms. The maximum absolute atomic E-state index is 14.0. The van der Waals surface area contributed by atoms with Gasteiger partial charge in [0.1, 0.15) is 12.3 Å². The van der Waals surface area contributed by atoms with Crippen molar-refractivity contribution in [2.24, 2.45) is 5.10 Å². The lowest BCUT2D eigenvalue weighted by atomic mass is 9.98. The van der Waals surface area contributed by atoms with E-state index in [1.54, 1.807) is 12.0 Å². The summed E-state index contributed by atoms with van der Waals surface area (Å²) in [6.07, 6.45) is 0.514. The van der Waals surface area contributed by atoms with Crippen LogP contribution in [0.5, 0.6) is 17.2 Å². The quantitative estimate of drug-likeness (QED) is 0.524. The van der Waals surface area contributed by atoms with E-state index < -0.39 is 5.54 Å². The topological polar surface area (TPSA) is 105 Å². The second-order valence-electron chi connectivity index (χ2n) is 11.4. The summed E-state index contributed by atoms with van der Waals surface area (Å²) in [6.45, 7) is 9.84. The SMILES string of the molecule is COc1ccc(C2=NN(C(=O)CN(CCN3CCOCC3)C(=O)NC(C)(C)C)[C@@H](c3ccc4c(c3)OCO4)C2)cc1. The second-order valence-corrected chi connectivity index (χ2v) is 11.4. The van der Waals surface area contributed by atoms with Crippen LogP contribution in [0.25, 0.3) is 0 Å². The van der Waals surface area contributed by atoms with Gasteiger partial charge in [0.25, 0.3) is 5.91 Å². The minimum absolute atomic E-state index is 0.104. The van der Waals surface area contributed by atoms with E-state index in [9.17, 15) is 9.59 Å². The molecule has 2 aromatic carbocycles. The Morgan fingerprint density at radius 1 is 1.07 bits per heavy atom. The number of ether oxygens (including phenoxy) is 4. The molecule has 11 nitrogen and oxygen atoms in total. The molecular formula is C30H39N5O6. The Labute approximate surface area is 241 Å². The zero-order valence-electron chi connectivity index (χ0n) is 24.2. The lowest BCUT2D eigenvalue weighted by Crippen LogP contribution is -2.53. The highest BCUT2D eigenvalue weighted by molar-refractivity contribution is 6.03. The summed E-state index contributed by atoms with van der Waals surface area (Å²) in [4.78, 5) is 31.1. The molecule has 0 aromatic heterocycles. The number of hydrogen-bond donors (Lipinski definition) is 1. The lowest BCUT2D eigenvalue weighted by Gasteiger charge is -2.32. The molecule has 1 N–H and O–H groups in total. The third-order valence-electron chi connectivity index (χ3n) is 7.26. The number of methoxy groups -OCH3 is 1. The van der Waals surface area contributed by atoms with E-state index in [2.05, 4.69) is 10.2 Å². The number of hydrazone groups is 1. The number of hydrogen-bond acceptors (Lipinski definition) is 8. The molecular weight excluding hydrogens is 526 g/mol. The zero-order chi connectivity index (χ0) is 29.0. The van der Waals surface area contributed by atoms with Crippen molar-refractivity contribution >= 4 is 17.6 Å². The molecule has 0 unspecified atom stereocenters. The number of amides is 3. The molecule has 220 valence electrons. The number of nitrogens with zero attached hydrogens (tertiary/aromatic N) is 4. The van der Waals surface area contributed by atoms with Crippen LogP contribution in [0.4, 0.5) is 4.79 Å². The molecule has 0 bridgehead atoms. The van der Waals surface area contributed by atoms with Crippen LogP contribution in [0, 0.1) is 0 Å². The van der Waals surface area contributed by atoms with Crippen LogP contribution in [-0.2, 0) is 9.53 Å². The molecule has 3 heterocycles. The average Bonchev–Trinajstić information content (AvgIpc) is 3.62. The molecule has 41 heavy (non-hydrogen) atoms.